The number of carbonyl (C=O) groups excluding carboxylic acids is 1. The van der Waals surface area contributed by atoms with Gasteiger partial charge in [0.15, 0.2) is 12.2 Å². The van der Waals surface area contributed by atoms with Gasteiger partial charge in [-0.25, -0.2) is 13.4 Å². The predicted molar refractivity (Wildman–Crippen MR) is 117 cm³/mol. The lowest BCUT2D eigenvalue weighted by molar-refractivity contribution is -0.117. The average Bonchev–Trinajstić information content (AvgIpc) is 3.23. The van der Waals surface area contributed by atoms with Gasteiger partial charge in [-0.2, -0.15) is 0 Å². The largest absolute Gasteiger partial charge is 0.444 e. The van der Waals surface area contributed by atoms with Crippen molar-refractivity contribution < 1.29 is 17.6 Å². The normalized spacial score (nSPS) is 12.5. The zero-order chi connectivity index (χ0) is 21.9. The first kappa shape index (κ1) is 22.1. The number of halogens is 2. The number of hydrogen-bond acceptors (Lipinski definition) is 5. The van der Waals surface area contributed by atoms with Gasteiger partial charge in [0.1, 0.15) is 0 Å². The Balaban J connectivity index is 2.02. The summed E-state index contributed by atoms with van der Waals surface area (Å²) in [5, 5.41) is -0.445. The maximum absolute atomic E-state index is 13.3. The first-order chi connectivity index (χ1) is 14.2. The van der Waals surface area contributed by atoms with E-state index in [1.807, 2.05) is 0 Å². The number of rotatable bonds is 8. The molecule has 0 saturated carbocycles. The van der Waals surface area contributed by atoms with Crippen LogP contribution in [0.5, 0.6) is 0 Å². The van der Waals surface area contributed by atoms with Gasteiger partial charge in [0.2, 0.25) is 15.9 Å². The molecule has 2 aromatic carbocycles. The highest BCUT2D eigenvalue weighted by Crippen LogP contribution is 2.31. The highest BCUT2D eigenvalue weighted by Gasteiger charge is 2.31. The van der Waals surface area contributed by atoms with Crippen molar-refractivity contribution in [2.45, 2.75) is 25.1 Å². The summed E-state index contributed by atoms with van der Waals surface area (Å²) in [6.45, 7) is 1.38. The molecule has 1 atom stereocenters. The Kier molecular flexibility index (Phi) is 6.70. The molecule has 0 radical (unpaired) electrons. The maximum Gasteiger partial charge on any atom is 0.238 e. The van der Waals surface area contributed by atoms with Crippen LogP contribution in [0.1, 0.15) is 18.9 Å². The molecule has 7 nitrogen and oxygen atoms in total. The number of nitrogens with two attached hydrogens (primary N) is 1. The molecule has 3 rings (SSSR count). The number of sulfonamides is 1. The Morgan fingerprint density at radius 2 is 1.90 bits per heavy atom. The van der Waals surface area contributed by atoms with Crippen molar-refractivity contribution in [3.63, 3.8) is 0 Å². The first-order valence-electron chi connectivity index (χ1n) is 8.92. The lowest BCUT2D eigenvalue weighted by Crippen LogP contribution is -2.39. The Morgan fingerprint density at radius 1 is 1.20 bits per heavy atom. The van der Waals surface area contributed by atoms with Crippen molar-refractivity contribution in [1.82, 2.24) is 4.98 Å². The van der Waals surface area contributed by atoms with Crippen LogP contribution in [0.4, 0.5) is 5.69 Å². The number of nitrogens with zero attached hydrogens (tertiary/aromatic N) is 2. The van der Waals surface area contributed by atoms with Gasteiger partial charge in [-0.3, -0.25) is 9.10 Å². The molecule has 0 bridgehead atoms. The molecule has 30 heavy (non-hydrogen) atoms. The van der Waals surface area contributed by atoms with Gasteiger partial charge in [-0.15, -0.1) is 0 Å². The van der Waals surface area contributed by atoms with E-state index in [4.69, 9.17) is 33.4 Å². The molecule has 2 N–H and O–H groups in total. The van der Waals surface area contributed by atoms with Crippen LogP contribution in [0.25, 0.3) is 11.3 Å². The number of oxazole rings is 1. The Labute approximate surface area is 184 Å². The van der Waals surface area contributed by atoms with Gasteiger partial charge in [-0.1, -0.05) is 35.3 Å². The molecule has 0 aliphatic rings. The van der Waals surface area contributed by atoms with Gasteiger partial charge in [-0.05, 0) is 42.8 Å². The molecule has 0 fully saturated rings. The second-order valence-corrected chi connectivity index (χ2v) is 9.72. The maximum atomic E-state index is 13.3. The fourth-order valence-corrected chi connectivity index (χ4v) is 4.83. The number of carbonyl (C=O) groups is 1. The minimum atomic E-state index is -3.95. The summed E-state index contributed by atoms with van der Waals surface area (Å²) < 4.78 is 33.1. The van der Waals surface area contributed by atoms with Gasteiger partial charge in [0.05, 0.1) is 33.7 Å². The zero-order valence-electron chi connectivity index (χ0n) is 16.0. The molecule has 0 spiro atoms. The molecule has 1 amide bonds. The SMILES string of the molecule is CC(CC(N)=O)S(=O)(=O)N(Cc1cccc(Cl)c1Cl)c1ccc(-c2cnco2)cc1. The van der Waals surface area contributed by atoms with Crippen molar-refractivity contribution >= 4 is 44.8 Å². The molecule has 3 aromatic rings. The van der Waals surface area contributed by atoms with Crippen LogP contribution in [0.2, 0.25) is 10.0 Å². The van der Waals surface area contributed by atoms with Gasteiger partial charge in [0.25, 0.3) is 0 Å². The summed E-state index contributed by atoms with van der Waals surface area (Å²) in [7, 11) is -3.95. The van der Waals surface area contributed by atoms with E-state index in [0.717, 1.165) is 5.56 Å². The van der Waals surface area contributed by atoms with E-state index in [-0.39, 0.29) is 18.0 Å². The third-order valence-corrected chi connectivity index (χ3v) is 7.52. The zero-order valence-corrected chi connectivity index (χ0v) is 18.3. The Morgan fingerprint density at radius 3 is 2.50 bits per heavy atom. The van der Waals surface area contributed by atoms with Crippen LogP contribution in [0, 0.1) is 0 Å². The highest BCUT2D eigenvalue weighted by molar-refractivity contribution is 7.93. The summed E-state index contributed by atoms with van der Waals surface area (Å²) in [5.74, 6) is -0.150. The van der Waals surface area contributed by atoms with Crippen molar-refractivity contribution in [3.8, 4) is 11.3 Å². The molecule has 0 aliphatic carbocycles. The fourth-order valence-electron chi connectivity index (χ4n) is 2.91. The molecule has 10 heteroatoms. The van der Waals surface area contributed by atoms with Gasteiger partial charge >= 0.3 is 0 Å². The lowest BCUT2D eigenvalue weighted by atomic mass is 10.1. The van der Waals surface area contributed by atoms with E-state index in [2.05, 4.69) is 4.98 Å². The number of primary amides is 1. The minimum absolute atomic E-state index is 0.0630. The number of aromatic nitrogens is 1. The summed E-state index contributed by atoms with van der Waals surface area (Å²) in [6.07, 6.45) is 2.56. The first-order valence-corrected chi connectivity index (χ1v) is 11.2. The monoisotopic (exact) mass is 467 g/mol. The number of amides is 1. The second-order valence-electron chi connectivity index (χ2n) is 6.66. The van der Waals surface area contributed by atoms with E-state index in [1.165, 1.54) is 17.6 Å². The molecule has 0 saturated heterocycles. The van der Waals surface area contributed by atoms with Crippen LogP contribution in [-0.2, 0) is 21.4 Å². The standard InChI is InChI=1S/C20H19Cl2N3O4S/c1-13(9-19(23)26)30(27,28)25(11-15-3-2-4-17(21)20(15)22)16-7-5-14(6-8-16)18-10-24-12-29-18/h2-8,10,12-13H,9,11H2,1H3,(H2,23,26). The van der Waals surface area contributed by atoms with Crippen LogP contribution in [-0.4, -0.2) is 24.6 Å². The number of benzene rings is 2. The summed E-state index contributed by atoms with van der Waals surface area (Å²) >= 11 is 12.4. The van der Waals surface area contributed by atoms with Crippen LogP contribution >= 0.6 is 23.2 Å². The van der Waals surface area contributed by atoms with Crippen LogP contribution < -0.4 is 10.0 Å². The lowest BCUT2D eigenvalue weighted by Gasteiger charge is -2.28. The molecule has 158 valence electrons. The Bertz CT molecular complexity index is 1130. The molecule has 1 unspecified atom stereocenters. The molecular formula is C20H19Cl2N3O4S. The van der Waals surface area contributed by atoms with Crippen molar-refractivity contribution in [1.29, 1.82) is 0 Å². The van der Waals surface area contributed by atoms with Crippen molar-refractivity contribution in [2.24, 2.45) is 5.73 Å². The van der Waals surface area contributed by atoms with E-state index in [9.17, 15) is 13.2 Å². The van der Waals surface area contributed by atoms with Crippen molar-refractivity contribution in [2.75, 3.05) is 4.31 Å². The number of anilines is 1. The molecule has 1 heterocycles. The van der Waals surface area contributed by atoms with E-state index in [0.29, 0.717) is 22.0 Å². The second kappa shape index (κ2) is 9.07. The van der Waals surface area contributed by atoms with Gasteiger partial charge < -0.3 is 10.2 Å². The molecule has 0 aliphatic heterocycles. The average molecular weight is 468 g/mol. The smallest absolute Gasteiger partial charge is 0.238 e. The Hall–Kier alpha value is -2.55. The van der Waals surface area contributed by atoms with Crippen molar-refractivity contribution in [3.05, 3.63) is 70.7 Å². The fraction of sp³-hybridized carbons (Fsp3) is 0.200. The van der Waals surface area contributed by atoms with E-state index >= 15 is 0 Å². The van der Waals surface area contributed by atoms with Crippen LogP contribution in [0.3, 0.4) is 0 Å². The van der Waals surface area contributed by atoms with Gasteiger partial charge in [0, 0.05) is 12.0 Å². The minimum Gasteiger partial charge on any atom is -0.444 e. The third-order valence-electron chi connectivity index (χ3n) is 4.52. The summed E-state index contributed by atoms with van der Waals surface area (Å²) in [4.78, 5) is 15.2. The van der Waals surface area contributed by atoms with Crippen LogP contribution in [0.15, 0.2) is 59.5 Å². The number of hydrogen-bond donors (Lipinski definition) is 1. The highest BCUT2D eigenvalue weighted by atomic mass is 35.5. The molecular weight excluding hydrogens is 449 g/mol. The molecule has 1 aromatic heterocycles. The third kappa shape index (κ3) is 4.77. The topological polar surface area (TPSA) is 106 Å². The van der Waals surface area contributed by atoms with E-state index in [1.54, 1.807) is 48.7 Å². The predicted octanol–water partition coefficient (Wildman–Crippen LogP) is 4.25. The summed E-state index contributed by atoms with van der Waals surface area (Å²) in [6, 6.07) is 11.7. The quantitative estimate of drug-likeness (QED) is 0.532. The van der Waals surface area contributed by atoms with E-state index < -0.39 is 21.2 Å². The summed E-state index contributed by atoms with van der Waals surface area (Å²) in [5.41, 5.74) is 6.88.